The monoisotopic (exact) mass is 2030 g/mol. The number of pyridine rings is 3. The number of amides is 3. The predicted molar refractivity (Wildman–Crippen MR) is 575 cm³/mol. The zero-order valence-corrected chi connectivity index (χ0v) is 86.7. The number of carbonyl (C=O) groups excluding carboxylic acids is 3. The maximum Gasteiger partial charge on any atom is 0.300 e. The van der Waals surface area contributed by atoms with Crippen molar-refractivity contribution in [1.82, 2.24) is 56.2 Å². The second-order valence-corrected chi connectivity index (χ2v) is 41.5. The number of benzene rings is 6. The lowest BCUT2D eigenvalue weighted by Gasteiger charge is -2.19. The third kappa shape index (κ3) is 21.5. The maximum absolute atomic E-state index is 13.9. The van der Waals surface area contributed by atoms with Crippen molar-refractivity contribution in [1.29, 1.82) is 0 Å². The Kier molecular flexibility index (Phi) is 30.3. The van der Waals surface area contributed by atoms with Gasteiger partial charge in [0.2, 0.25) is 17.6 Å². The highest BCUT2D eigenvalue weighted by atomic mass is 32.2. The Morgan fingerprint density at radius 3 is 0.755 bits per heavy atom. The summed E-state index contributed by atoms with van der Waals surface area (Å²) >= 11 is 19.9. The van der Waals surface area contributed by atoms with Crippen molar-refractivity contribution in [3.8, 4) is 52.0 Å². The van der Waals surface area contributed by atoms with Gasteiger partial charge in [-0.15, -0.1) is 0 Å². The first-order valence-corrected chi connectivity index (χ1v) is 48.4. The standard InChI is InChI=1S/3C34H31N5O4S2.2C2H4O2/c3*1-20-11-10-18-37-28(20)35-29(43-24-16-14-22(15-17-24)34(3,4)5)25(30(37)40)19-26-31(41)38(33(44)45-26)27-21(2)36(6)39(32(27)42)23-12-8-7-9-13-23;2*1-2(3)4/h3*7-19H,1-6H3;2*1H3,(H,3,4)/b3*26-19-;;. The van der Waals surface area contributed by atoms with Crippen LogP contribution < -0.4 is 62.3 Å². The van der Waals surface area contributed by atoms with Crippen LogP contribution in [-0.2, 0) is 61.4 Å². The fraction of sp³-hybridized carbons (Fsp3) is 0.217. The Labute approximate surface area is 849 Å². The highest BCUT2D eigenvalue weighted by Gasteiger charge is 2.43. The van der Waals surface area contributed by atoms with Crippen LogP contribution in [0.25, 0.3) is 52.2 Å². The van der Waals surface area contributed by atoms with Gasteiger partial charge in [-0.3, -0.25) is 94.7 Å². The number of fused-ring (bicyclic) bond motifs is 3. The number of hydrogen-bond donors (Lipinski definition) is 2. The fourth-order valence-corrected chi connectivity index (χ4v) is 19.5. The molecule has 3 aliphatic heterocycles. The molecule has 3 fully saturated rings. The van der Waals surface area contributed by atoms with Gasteiger partial charge in [-0.2, -0.15) is 15.0 Å². The molecular formula is C106H101N15O16S6. The van der Waals surface area contributed by atoms with Crippen LogP contribution in [0.5, 0.6) is 34.9 Å². The number of ether oxygens (including phenoxy) is 3. The Bertz CT molecular complexity index is 7440. The molecule has 31 nitrogen and oxygen atoms in total. The number of aromatic nitrogens is 12. The Balaban J connectivity index is 0.000000164. The number of thioether (sulfide) groups is 3. The summed E-state index contributed by atoms with van der Waals surface area (Å²) in [5.74, 6) is -1.52. The number of para-hydroxylation sites is 3. The third-order valence-corrected chi connectivity index (χ3v) is 27.3. The average Bonchev–Trinajstić information content (AvgIpc) is 1.61. The van der Waals surface area contributed by atoms with Gasteiger partial charge in [-0.1, -0.05) is 243 Å². The number of thiocarbonyl (C=S) groups is 3. The molecule has 2 N–H and O–H groups in total. The van der Waals surface area contributed by atoms with E-state index in [2.05, 4.69) is 62.3 Å². The lowest BCUT2D eigenvalue weighted by atomic mass is 9.87. The van der Waals surface area contributed by atoms with E-state index in [1.807, 2.05) is 203 Å². The highest BCUT2D eigenvalue weighted by Crippen LogP contribution is 2.43. The topological polar surface area (TPSA) is 347 Å². The number of aryl methyl sites for hydroxylation is 3. The molecule has 0 spiro atoms. The molecule has 3 saturated heterocycles. The van der Waals surface area contributed by atoms with E-state index in [4.69, 9.17) is 85.6 Å². The first-order chi connectivity index (χ1) is 67.6. The number of carboxylic acid groups (broad SMARTS) is 2. The van der Waals surface area contributed by atoms with Gasteiger partial charge in [-0.05, 0) is 200 Å². The van der Waals surface area contributed by atoms with Crippen LogP contribution in [0.2, 0.25) is 0 Å². The van der Waals surface area contributed by atoms with Gasteiger partial charge in [0, 0.05) is 53.6 Å². The van der Waals surface area contributed by atoms with Gasteiger partial charge in [0.15, 0.2) is 13.0 Å². The van der Waals surface area contributed by atoms with Crippen molar-refractivity contribution in [2.24, 2.45) is 21.1 Å². The van der Waals surface area contributed by atoms with E-state index in [1.165, 1.54) is 60.2 Å². The molecule has 18 rings (SSSR count). The van der Waals surface area contributed by atoms with Gasteiger partial charge in [-0.25, -0.2) is 14.0 Å². The molecule has 0 bridgehead atoms. The van der Waals surface area contributed by atoms with Crippen molar-refractivity contribution < 1.29 is 48.4 Å². The second kappa shape index (κ2) is 41.9. The minimum absolute atomic E-state index is 0.0446. The van der Waals surface area contributed by atoms with E-state index in [0.29, 0.717) is 68.3 Å². The average molecular weight is 2030 g/mol. The summed E-state index contributed by atoms with van der Waals surface area (Å²) in [5.41, 5.74) is 8.96. The van der Waals surface area contributed by atoms with Crippen molar-refractivity contribution >= 4 is 167 Å². The quantitative estimate of drug-likeness (QED) is 0.0711. The lowest BCUT2D eigenvalue weighted by Crippen LogP contribution is -2.33. The molecule has 3 aliphatic rings. The smallest absolute Gasteiger partial charge is 0.300 e. The van der Waals surface area contributed by atoms with Crippen LogP contribution in [0.3, 0.4) is 0 Å². The van der Waals surface area contributed by atoms with E-state index in [9.17, 15) is 43.2 Å². The molecule has 9 aromatic heterocycles. The summed E-state index contributed by atoms with van der Waals surface area (Å²) < 4.78 is 33.0. The third-order valence-electron chi connectivity index (χ3n) is 23.4. The second-order valence-electron chi connectivity index (χ2n) is 36.5. The van der Waals surface area contributed by atoms with Crippen LogP contribution in [-0.4, -0.2) is 109 Å². The van der Waals surface area contributed by atoms with Gasteiger partial charge in [0.05, 0.1) is 48.9 Å². The van der Waals surface area contributed by atoms with E-state index < -0.39 is 46.3 Å². The van der Waals surface area contributed by atoms with Crippen molar-refractivity contribution in [2.45, 2.75) is 134 Å². The van der Waals surface area contributed by atoms with Gasteiger partial charge in [0.1, 0.15) is 67.9 Å². The Hall–Kier alpha value is -15.3. The summed E-state index contributed by atoms with van der Waals surface area (Å²) in [6, 6.07) is 61.2. The summed E-state index contributed by atoms with van der Waals surface area (Å²) in [6.07, 6.45) is 9.24. The van der Waals surface area contributed by atoms with Gasteiger partial charge < -0.3 is 24.4 Å². The summed E-state index contributed by atoms with van der Waals surface area (Å²) in [4.78, 5) is 161. The number of nitrogens with zero attached hydrogens (tertiary/aromatic N) is 15. The first kappa shape index (κ1) is 104. The van der Waals surface area contributed by atoms with Crippen LogP contribution >= 0.6 is 71.9 Å². The molecule has 0 saturated carbocycles. The zero-order valence-electron chi connectivity index (χ0n) is 81.8. The molecule has 732 valence electrons. The molecule has 6 aromatic carbocycles. The Morgan fingerprint density at radius 1 is 0.329 bits per heavy atom. The summed E-state index contributed by atoms with van der Waals surface area (Å²) in [6.45, 7) is 32.2. The molecule has 0 aliphatic carbocycles. The lowest BCUT2D eigenvalue weighted by molar-refractivity contribution is -0.135. The number of hydrogen-bond acceptors (Lipinski definition) is 23. The van der Waals surface area contributed by atoms with Gasteiger partial charge in [0.25, 0.3) is 63.0 Å². The Morgan fingerprint density at radius 2 is 0.545 bits per heavy atom. The van der Waals surface area contributed by atoms with Crippen molar-refractivity contribution in [3.63, 3.8) is 0 Å². The minimum Gasteiger partial charge on any atom is -0.481 e. The van der Waals surface area contributed by atoms with E-state index in [1.54, 1.807) is 92.7 Å². The molecule has 15 aromatic rings. The minimum atomic E-state index is -0.833. The van der Waals surface area contributed by atoms with Crippen LogP contribution in [0.1, 0.15) is 143 Å². The maximum atomic E-state index is 13.9. The summed E-state index contributed by atoms with van der Waals surface area (Å²) in [5, 5.41) is 14.8. The normalized spacial score (nSPS) is 14.2. The molecule has 0 atom stereocenters. The highest BCUT2D eigenvalue weighted by molar-refractivity contribution is 8.28. The first-order valence-electron chi connectivity index (χ1n) is 44.7. The number of rotatable bonds is 15. The zero-order chi connectivity index (χ0) is 104. The molecule has 37 heteroatoms. The SMILES string of the molecule is CC(=O)O.CC(=O)O.Cc1cccn2c(=O)c(/C=C3\SC(=S)N(c4c(C)n(C)n(-c5ccccc5)c4=O)C3=O)c(Oc3ccc(C(C)(C)C)cc3)nc12.Cc1cccn2c(=O)c(/C=C3\SC(=S)N(c4c(C)n(C)n(-c5ccccc5)c4=O)C3=O)c(Oc3ccc(C(C)(C)C)cc3)nc12.Cc1cccn2c(=O)c(/C=C3\SC(=S)N(c4c(C)n(C)n(-c5ccccc5)c4=O)C3=O)c(Oc3ccc(C(C)(C)C)cc3)nc12. The van der Waals surface area contributed by atoms with E-state index in [0.717, 1.165) is 82.5 Å². The molecule has 12 heterocycles. The summed E-state index contributed by atoms with van der Waals surface area (Å²) in [7, 11) is 5.26. The van der Waals surface area contributed by atoms with E-state index in [-0.39, 0.29) is 112 Å². The van der Waals surface area contributed by atoms with Crippen LogP contribution in [0, 0.1) is 41.5 Å². The van der Waals surface area contributed by atoms with E-state index >= 15 is 0 Å². The van der Waals surface area contributed by atoms with Crippen LogP contribution in [0.4, 0.5) is 17.1 Å². The van der Waals surface area contributed by atoms with Gasteiger partial charge >= 0.3 is 0 Å². The molecule has 0 unspecified atom stereocenters. The fourth-order valence-electron chi connectivity index (χ4n) is 15.7. The number of aliphatic carboxylic acids is 2. The molecule has 3 amide bonds. The van der Waals surface area contributed by atoms with Crippen molar-refractivity contribution in [3.05, 3.63) is 363 Å². The largest absolute Gasteiger partial charge is 0.481 e. The number of carboxylic acids is 2. The van der Waals surface area contributed by atoms with Crippen molar-refractivity contribution in [2.75, 3.05) is 14.7 Å². The van der Waals surface area contributed by atoms with Crippen LogP contribution in [0.15, 0.2) is 262 Å². The number of anilines is 3. The number of carbonyl (C=O) groups is 5. The molecular weight excluding hydrogens is 1930 g/mol. The predicted octanol–water partition coefficient (Wildman–Crippen LogP) is 19.1. The molecule has 0 radical (unpaired) electrons. The molecule has 143 heavy (non-hydrogen) atoms.